The van der Waals surface area contributed by atoms with Crippen LogP contribution < -0.4 is 0 Å². The molecule has 47 heavy (non-hydrogen) atoms. The summed E-state index contributed by atoms with van der Waals surface area (Å²) in [7, 11) is 0. The van der Waals surface area contributed by atoms with Crippen LogP contribution in [0, 0.1) is 11.3 Å². The average Bonchev–Trinajstić information content (AvgIpc) is 3.79. The Labute approximate surface area is 269 Å². The van der Waals surface area contributed by atoms with Gasteiger partial charge in [-0.3, -0.25) is 0 Å². The molecule has 0 bridgehead atoms. The van der Waals surface area contributed by atoms with Gasteiger partial charge in [0.1, 0.15) is 17.2 Å². The van der Waals surface area contributed by atoms with Gasteiger partial charge in [0.15, 0.2) is 0 Å². The Morgan fingerprint density at radius 3 is 1.74 bits per heavy atom. The van der Waals surface area contributed by atoms with Crippen molar-refractivity contribution in [3.63, 3.8) is 0 Å². The SMILES string of the molecule is N#Cc1cccc(-c2ccccc2-n2c3ccccc3c3ccc4oc5ccccc5c4c32)c1-n1c2ccccc2c2ccccc21. The molecular formula is C43H25N3O. The second-order valence-electron chi connectivity index (χ2n) is 12.0. The van der Waals surface area contributed by atoms with Crippen LogP contribution in [-0.2, 0) is 0 Å². The largest absolute Gasteiger partial charge is 0.456 e. The minimum absolute atomic E-state index is 0.620. The van der Waals surface area contributed by atoms with E-state index in [1.165, 1.54) is 10.8 Å². The fraction of sp³-hybridized carbons (Fsp3) is 0. The van der Waals surface area contributed by atoms with E-state index in [0.717, 1.165) is 77.3 Å². The predicted molar refractivity (Wildman–Crippen MR) is 193 cm³/mol. The molecule has 0 aliphatic heterocycles. The minimum Gasteiger partial charge on any atom is -0.456 e. The zero-order valence-electron chi connectivity index (χ0n) is 25.2. The molecular weight excluding hydrogens is 574 g/mol. The third-order valence-electron chi connectivity index (χ3n) is 9.57. The second-order valence-corrected chi connectivity index (χ2v) is 12.0. The van der Waals surface area contributed by atoms with Gasteiger partial charge < -0.3 is 13.6 Å². The van der Waals surface area contributed by atoms with Crippen LogP contribution >= 0.6 is 0 Å². The van der Waals surface area contributed by atoms with Gasteiger partial charge in [0.05, 0.1) is 44.4 Å². The Morgan fingerprint density at radius 1 is 0.447 bits per heavy atom. The molecule has 0 spiro atoms. The Kier molecular flexibility index (Phi) is 5.32. The van der Waals surface area contributed by atoms with Crippen molar-refractivity contribution in [2.24, 2.45) is 0 Å². The Hall–Kier alpha value is -6.57. The summed E-state index contributed by atoms with van der Waals surface area (Å²) in [6.45, 7) is 0. The smallest absolute Gasteiger partial charge is 0.137 e. The zero-order chi connectivity index (χ0) is 31.1. The first-order valence-electron chi connectivity index (χ1n) is 15.8. The molecule has 0 N–H and O–H groups in total. The number of para-hydroxylation sites is 6. The normalized spacial score (nSPS) is 11.8. The maximum absolute atomic E-state index is 10.6. The standard InChI is InChI=1S/C43H25N3O/c44-26-27-12-11-18-32(42(27)45-35-19-6-1-13-28(35)29-14-2-7-20-36(29)45)30-15-3-8-21-37(30)46-38-22-9-4-16-31(38)33-24-25-40-41(43(33)46)34-17-5-10-23-39(34)47-40/h1-25H. The lowest BCUT2D eigenvalue weighted by Gasteiger charge is -2.19. The molecule has 7 aromatic carbocycles. The van der Waals surface area contributed by atoms with Crippen molar-refractivity contribution in [2.75, 3.05) is 0 Å². The molecule has 10 rings (SSSR count). The summed E-state index contributed by atoms with van der Waals surface area (Å²) in [5.41, 5.74) is 10.6. The van der Waals surface area contributed by atoms with Crippen LogP contribution in [0.4, 0.5) is 0 Å². The topological polar surface area (TPSA) is 46.8 Å². The van der Waals surface area contributed by atoms with E-state index in [9.17, 15) is 5.26 Å². The van der Waals surface area contributed by atoms with Crippen molar-refractivity contribution in [1.82, 2.24) is 9.13 Å². The summed E-state index contributed by atoms with van der Waals surface area (Å²) in [5.74, 6) is 0. The number of fused-ring (bicyclic) bond motifs is 10. The van der Waals surface area contributed by atoms with E-state index in [2.05, 4.69) is 143 Å². The van der Waals surface area contributed by atoms with E-state index in [0.29, 0.717) is 5.56 Å². The third kappa shape index (κ3) is 3.51. The molecule has 0 aliphatic carbocycles. The number of nitrogens with zero attached hydrogens (tertiary/aromatic N) is 3. The van der Waals surface area contributed by atoms with Crippen LogP contribution in [0.15, 0.2) is 156 Å². The summed E-state index contributed by atoms with van der Waals surface area (Å²) in [5, 5.41) is 17.4. The predicted octanol–water partition coefficient (Wildman–Crippen LogP) is 11.3. The van der Waals surface area contributed by atoms with Crippen LogP contribution in [-0.4, -0.2) is 9.13 Å². The van der Waals surface area contributed by atoms with E-state index in [-0.39, 0.29) is 0 Å². The van der Waals surface area contributed by atoms with Crippen LogP contribution in [0.2, 0.25) is 0 Å². The van der Waals surface area contributed by atoms with Crippen molar-refractivity contribution in [3.8, 4) is 28.6 Å². The first kappa shape index (κ1) is 25.7. The highest BCUT2D eigenvalue weighted by Gasteiger charge is 2.23. The number of hydrogen-bond donors (Lipinski definition) is 0. The lowest BCUT2D eigenvalue weighted by Crippen LogP contribution is -2.03. The summed E-state index contributed by atoms with van der Waals surface area (Å²) in [4.78, 5) is 0. The van der Waals surface area contributed by atoms with Crippen molar-refractivity contribution >= 4 is 65.6 Å². The van der Waals surface area contributed by atoms with Crippen LogP contribution in [0.1, 0.15) is 5.56 Å². The molecule has 4 nitrogen and oxygen atoms in total. The number of rotatable bonds is 3. The molecule has 3 heterocycles. The van der Waals surface area contributed by atoms with Crippen LogP contribution in [0.3, 0.4) is 0 Å². The van der Waals surface area contributed by atoms with Crippen LogP contribution in [0.5, 0.6) is 0 Å². The highest BCUT2D eigenvalue weighted by molar-refractivity contribution is 6.24. The molecule has 0 atom stereocenters. The number of hydrogen-bond acceptors (Lipinski definition) is 2. The number of benzene rings is 7. The lowest BCUT2D eigenvalue weighted by molar-refractivity contribution is 0.669. The monoisotopic (exact) mass is 599 g/mol. The molecule has 218 valence electrons. The average molecular weight is 600 g/mol. The van der Waals surface area contributed by atoms with Gasteiger partial charge in [0, 0.05) is 38.1 Å². The van der Waals surface area contributed by atoms with Gasteiger partial charge >= 0.3 is 0 Å². The summed E-state index contributed by atoms with van der Waals surface area (Å²) in [6, 6.07) is 55.2. The molecule has 0 fully saturated rings. The highest BCUT2D eigenvalue weighted by Crippen LogP contribution is 2.44. The number of furan rings is 1. The molecule has 4 heteroatoms. The van der Waals surface area contributed by atoms with E-state index < -0.39 is 0 Å². The van der Waals surface area contributed by atoms with Gasteiger partial charge in [-0.1, -0.05) is 103 Å². The van der Waals surface area contributed by atoms with E-state index in [1.807, 2.05) is 24.3 Å². The van der Waals surface area contributed by atoms with Crippen molar-refractivity contribution in [3.05, 3.63) is 157 Å². The molecule has 3 aromatic heterocycles. The first-order valence-corrected chi connectivity index (χ1v) is 15.8. The second kappa shape index (κ2) is 9.71. The van der Waals surface area contributed by atoms with E-state index in [4.69, 9.17) is 4.42 Å². The molecule has 0 saturated carbocycles. The number of nitriles is 1. The first-order chi connectivity index (χ1) is 23.3. The van der Waals surface area contributed by atoms with Crippen molar-refractivity contribution < 1.29 is 4.42 Å². The van der Waals surface area contributed by atoms with Gasteiger partial charge in [0.2, 0.25) is 0 Å². The molecule has 10 aromatic rings. The molecule has 0 aliphatic rings. The molecule has 0 radical (unpaired) electrons. The Balaban J connectivity index is 1.37. The van der Waals surface area contributed by atoms with Crippen molar-refractivity contribution in [1.29, 1.82) is 5.26 Å². The zero-order valence-corrected chi connectivity index (χ0v) is 25.2. The fourth-order valence-electron chi connectivity index (χ4n) is 7.67. The summed E-state index contributed by atoms with van der Waals surface area (Å²) in [6.07, 6.45) is 0. The van der Waals surface area contributed by atoms with Crippen molar-refractivity contribution in [2.45, 2.75) is 0 Å². The Morgan fingerprint density at radius 2 is 1.02 bits per heavy atom. The molecule has 0 amide bonds. The van der Waals surface area contributed by atoms with Crippen LogP contribution in [0.25, 0.3) is 88.1 Å². The third-order valence-corrected chi connectivity index (χ3v) is 9.57. The lowest BCUT2D eigenvalue weighted by atomic mass is 9.97. The van der Waals surface area contributed by atoms with Gasteiger partial charge in [-0.2, -0.15) is 5.26 Å². The van der Waals surface area contributed by atoms with E-state index in [1.54, 1.807) is 0 Å². The van der Waals surface area contributed by atoms with E-state index >= 15 is 0 Å². The van der Waals surface area contributed by atoms with Gasteiger partial charge in [-0.25, -0.2) is 0 Å². The summed E-state index contributed by atoms with van der Waals surface area (Å²) >= 11 is 0. The highest BCUT2D eigenvalue weighted by atomic mass is 16.3. The quantitative estimate of drug-likeness (QED) is 0.203. The van der Waals surface area contributed by atoms with Gasteiger partial charge in [0.25, 0.3) is 0 Å². The molecule has 0 saturated heterocycles. The maximum Gasteiger partial charge on any atom is 0.137 e. The summed E-state index contributed by atoms with van der Waals surface area (Å²) < 4.78 is 11.0. The molecule has 0 unspecified atom stereocenters. The maximum atomic E-state index is 10.6. The van der Waals surface area contributed by atoms with Gasteiger partial charge in [-0.15, -0.1) is 0 Å². The van der Waals surface area contributed by atoms with Gasteiger partial charge in [-0.05, 0) is 48.5 Å². The number of aromatic nitrogens is 2. The fourth-order valence-corrected chi connectivity index (χ4v) is 7.67. The Bertz CT molecular complexity index is 2880. The minimum atomic E-state index is 0.620.